The van der Waals surface area contributed by atoms with Crippen LogP contribution >= 0.6 is 0 Å². The van der Waals surface area contributed by atoms with E-state index in [2.05, 4.69) is 19.2 Å². The standard InChI is InChI=1S/C20H24N2O4/c1-5-14(3)16-8-6-7-9-19(16)26-15(4)20(23)21-17-11-10-13(2)12-18(17)22(24)25/h6-12,14-15H,5H2,1-4H3,(H,21,23). The second-order valence-corrected chi connectivity index (χ2v) is 6.37. The fraction of sp³-hybridized carbons (Fsp3) is 0.350. The molecule has 0 aliphatic heterocycles. The first-order valence-corrected chi connectivity index (χ1v) is 8.65. The number of rotatable bonds is 7. The first-order chi connectivity index (χ1) is 12.3. The molecule has 0 aliphatic rings. The molecule has 0 saturated heterocycles. The molecule has 0 bridgehead atoms. The van der Waals surface area contributed by atoms with Gasteiger partial charge in [-0.05, 0) is 49.4 Å². The van der Waals surface area contributed by atoms with Gasteiger partial charge in [-0.3, -0.25) is 14.9 Å². The van der Waals surface area contributed by atoms with Gasteiger partial charge in [0, 0.05) is 6.07 Å². The van der Waals surface area contributed by atoms with Crippen molar-refractivity contribution in [3.63, 3.8) is 0 Å². The van der Waals surface area contributed by atoms with Gasteiger partial charge in [-0.2, -0.15) is 0 Å². The highest BCUT2D eigenvalue weighted by molar-refractivity contribution is 5.96. The summed E-state index contributed by atoms with van der Waals surface area (Å²) in [7, 11) is 0. The Kier molecular flexibility index (Phi) is 6.33. The third kappa shape index (κ3) is 4.59. The first-order valence-electron chi connectivity index (χ1n) is 8.65. The maximum Gasteiger partial charge on any atom is 0.293 e. The number of nitrogens with one attached hydrogen (secondary N) is 1. The number of nitrogens with zero attached hydrogens (tertiary/aromatic N) is 1. The minimum atomic E-state index is -0.791. The van der Waals surface area contributed by atoms with Crippen LogP contribution in [0.4, 0.5) is 11.4 Å². The number of amides is 1. The van der Waals surface area contributed by atoms with E-state index in [1.165, 1.54) is 12.1 Å². The van der Waals surface area contributed by atoms with Crippen LogP contribution in [-0.4, -0.2) is 16.9 Å². The lowest BCUT2D eigenvalue weighted by Gasteiger charge is -2.19. The van der Waals surface area contributed by atoms with Crippen LogP contribution in [0.2, 0.25) is 0 Å². The van der Waals surface area contributed by atoms with E-state index in [1.54, 1.807) is 19.9 Å². The minimum Gasteiger partial charge on any atom is -0.481 e. The molecule has 6 heteroatoms. The Hall–Kier alpha value is -2.89. The van der Waals surface area contributed by atoms with E-state index in [9.17, 15) is 14.9 Å². The highest BCUT2D eigenvalue weighted by Crippen LogP contribution is 2.30. The van der Waals surface area contributed by atoms with E-state index in [0.29, 0.717) is 11.7 Å². The maximum atomic E-state index is 12.5. The first kappa shape index (κ1) is 19.4. The van der Waals surface area contributed by atoms with E-state index >= 15 is 0 Å². The summed E-state index contributed by atoms with van der Waals surface area (Å²) in [6.45, 7) is 7.58. The Morgan fingerprint density at radius 3 is 2.58 bits per heavy atom. The number of ether oxygens (including phenoxy) is 1. The van der Waals surface area contributed by atoms with Crippen molar-refractivity contribution < 1.29 is 14.5 Å². The number of carbonyl (C=O) groups excluding carboxylic acids is 1. The Bertz CT molecular complexity index is 804. The molecular formula is C20H24N2O4. The molecule has 2 unspecified atom stereocenters. The fourth-order valence-corrected chi connectivity index (χ4v) is 2.59. The van der Waals surface area contributed by atoms with E-state index in [0.717, 1.165) is 17.5 Å². The number of benzene rings is 2. The van der Waals surface area contributed by atoms with Crippen molar-refractivity contribution >= 4 is 17.3 Å². The van der Waals surface area contributed by atoms with Crippen LogP contribution in [0.3, 0.4) is 0 Å². The summed E-state index contributed by atoms with van der Waals surface area (Å²) in [5.74, 6) is 0.526. The number of nitro groups is 1. The van der Waals surface area contributed by atoms with Crippen LogP contribution in [0.15, 0.2) is 42.5 Å². The Morgan fingerprint density at radius 2 is 1.92 bits per heavy atom. The SMILES string of the molecule is CCC(C)c1ccccc1OC(C)C(=O)Nc1ccc(C)cc1[N+](=O)[O-]. The quantitative estimate of drug-likeness (QED) is 0.569. The molecule has 1 N–H and O–H groups in total. The largest absolute Gasteiger partial charge is 0.481 e. The van der Waals surface area contributed by atoms with Crippen molar-refractivity contribution in [1.29, 1.82) is 0 Å². The van der Waals surface area contributed by atoms with Crippen LogP contribution < -0.4 is 10.1 Å². The number of carbonyl (C=O) groups is 1. The summed E-state index contributed by atoms with van der Waals surface area (Å²) in [5, 5.41) is 13.8. The van der Waals surface area contributed by atoms with Gasteiger partial charge in [-0.25, -0.2) is 0 Å². The zero-order valence-electron chi connectivity index (χ0n) is 15.5. The van der Waals surface area contributed by atoms with Gasteiger partial charge in [0.1, 0.15) is 11.4 Å². The highest BCUT2D eigenvalue weighted by atomic mass is 16.6. The molecule has 26 heavy (non-hydrogen) atoms. The van der Waals surface area contributed by atoms with Gasteiger partial charge in [0.25, 0.3) is 11.6 Å². The predicted molar refractivity (Wildman–Crippen MR) is 102 cm³/mol. The number of hydrogen-bond acceptors (Lipinski definition) is 4. The van der Waals surface area contributed by atoms with Crippen LogP contribution in [-0.2, 0) is 4.79 Å². The molecule has 2 atom stereocenters. The summed E-state index contributed by atoms with van der Waals surface area (Å²) < 4.78 is 5.84. The van der Waals surface area contributed by atoms with Crippen LogP contribution in [0.5, 0.6) is 5.75 Å². The van der Waals surface area contributed by atoms with Crippen LogP contribution in [0, 0.1) is 17.0 Å². The molecule has 0 heterocycles. The Morgan fingerprint density at radius 1 is 1.23 bits per heavy atom. The fourth-order valence-electron chi connectivity index (χ4n) is 2.59. The lowest BCUT2D eigenvalue weighted by atomic mass is 9.98. The van der Waals surface area contributed by atoms with E-state index in [4.69, 9.17) is 4.74 Å². The molecule has 6 nitrogen and oxygen atoms in total. The number of hydrogen-bond donors (Lipinski definition) is 1. The monoisotopic (exact) mass is 356 g/mol. The van der Waals surface area contributed by atoms with Gasteiger partial charge in [0.05, 0.1) is 4.92 Å². The lowest BCUT2D eigenvalue weighted by molar-refractivity contribution is -0.384. The van der Waals surface area contributed by atoms with E-state index < -0.39 is 16.9 Å². The number of para-hydroxylation sites is 1. The predicted octanol–water partition coefficient (Wildman–Crippen LogP) is 4.82. The van der Waals surface area contributed by atoms with Gasteiger partial charge in [0.2, 0.25) is 0 Å². The van der Waals surface area contributed by atoms with Gasteiger partial charge in [-0.1, -0.05) is 38.1 Å². The third-order valence-corrected chi connectivity index (χ3v) is 4.34. The number of aryl methyl sites for hydroxylation is 1. The minimum absolute atomic E-state index is 0.134. The molecule has 2 aromatic rings. The van der Waals surface area contributed by atoms with Gasteiger partial charge in [0.15, 0.2) is 6.10 Å². The Labute approximate surface area is 153 Å². The zero-order valence-corrected chi connectivity index (χ0v) is 15.5. The average molecular weight is 356 g/mol. The summed E-state index contributed by atoms with van der Waals surface area (Å²) in [6, 6.07) is 12.3. The second-order valence-electron chi connectivity index (χ2n) is 6.37. The lowest BCUT2D eigenvalue weighted by Crippen LogP contribution is -2.30. The van der Waals surface area contributed by atoms with Gasteiger partial charge < -0.3 is 10.1 Å². The molecule has 0 spiro atoms. The van der Waals surface area contributed by atoms with Crippen molar-refractivity contribution in [2.75, 3.05) is 5.32 Å². The summed E-state index contributed by atoms with van der Waals surface area (Å²) in [4.78, 5) is 23.2. The molecule has 2 aromatic carbocycles. The molecule has 1 amide bonds. The summed E-state index contributed by atoms with van der Waals surface area (Å²) >= 11 is 0. The second kappa shape index (κ2) is 8.47. The molecule has 0 radical (unpaired) electrons. The molecule has 138 valence electrons. The van der Waals surface area contributed by atoms with Gasteiger partial charge >= 0.3 is 0 Å². The van der Waals surface area contributed by atoms with Crippen molar-refractivity contribution in [3.05, 3.63) is 63.7 Å². The number of anilines is 1. The van der Waals surface area contributed by atoms with Crippen LogP contribution in [0.25, 0.3) is 0 Å². The molecule has 0 fully saturated rings. The summed E-state index contributed by atoms with van der Waals surface area (Å²) in [5.41, 5.74) is 1.82. The normalized spacial score (nSPS) is 12.9. The highest BCUT2D eigenvalue weighted by Gasteiger charge is 2.21. The van der Waals surface area contributed by atoms with E-state index in [1.807, 2.05) is 24.3 Å². The zero-order chi connectivity index (χ0) is 19.3. The van der Waals surface area contributed by atoms with Crippen LogP contribution in [0.1, 0.15) is 44.2 Å². The van der Waals surface area contributed by atoms with Gasteiger partial charge in [-0.15, -0.1) is 0 Å². The molecule has 0 aliphatic carbocycles. The molecular weight excluding hydrogens is 332 g/mol. The molecule has 2 rings (SSSR count). The van der Waals surface area contributed by atoms with Crippen molar-refractivity contribution in [2.24, 2.45) is 0 Å². The summed E-state index contributed by atoms with van der Waals surface area (Å²) in [6.07, 6.45) is 0.164. The smallest absolute Gasteiger partial charge is 0.293 e. The third-order valence-electron chi connectivity index (χ3n) is 4.34. The van der Waals surface area contributed by atoms with Crippen molar-refractivity contribution in [3.8, 4) is 5.75 Å². The Balaban J connectivity index is 2.16. The maximum absolute atomic E-state index is 12.5. The number of nitro benzene ring substituents is 1. The van der Waals surface area contributed by atoms with E-state index in [-0.39, 0.29) is 11.4 Å². The van der Waals surface area contributed by atoms with Crippen molar-refractivity contribution in [2.45, 2.75) is 46.1 Å². The molecule has 0 aromatic heterocycles. The topological polar surface area (TPSA) is 81.5 Å². The average Bonchev–Trinajstić information content (AvgIpc) is 2.62. The molecule has 0 saturated carbocycles. The van der Waals surface area contributed by atoms with Crippen molar-refractivity contribution in [1.82, 2.24) is 0 Å².